The molecular weight excluding hydrogens is 332 g/mol. The standard InChI is InChI=1S/C20H22N2O2S/c1-23-19-8-7-16(11-20(19)24-2)13-22(15-18-6-4-10-25-18)14-17-5-3-9-21-12-17/h3-12H,13-15H2,1-2H3. The van der Waals surface area contributed by atoms with Crippen LogP contribution in [-0.2, 0) is 19.6 Å². The summed E-state index contributed by atoms with van der Waals surface area (Å²) in [6.07, 6.45) is 3.73. The Bertz CT molecular complexity index is 776. The summed E-state index contributed by atoms with van der Waals surface area (Å²) in [5.74, 6) is 1.51. The van der Waals surface area contributed by atoms with Crippen molar-refractivity contribution < 1.29 is 9.47 Å². The molecule has 3 rings (SSSR count). The molecule has 5 heteroatoms. The summed E-state index contributed by atoms with van der Waals surface area (Å²) in [4.78, 5) is 7.99. The van der Waals surface area contributed by atoms with Gasteiger partial charge in [-0.25, -0.2) is 0 Å². The summed E-state index contributed by atoms with van der Waals surface area (Å²) in [5.41, 5.74) is 2.40. The normalized spacial score (nSPS) is 10.8. The predicted octanol–water partition coefficient (Wildman–Crippen LogP) is 4.36. The third-order valence-corrected chi connectivity index (χ3v) is 4.80. The van der Waals surface area contributed by atoms with Crippen molar-refractivity contribution >= 4 is 11.3 Å². The number of ether oxygens (including phenoxy) is 2. The minimum absolute atomic E-state index is 0.753. The number of benzene rings is 1. The molecule has 0 fully saturated rings. The third-order valence-electron chi connectivity index (χ3n) is 3.94. The zero-order valence-corrected chi connectivity index (χ0v) is 15.3. The smallest absolute Gasteiger partial charge is 0.161 e. The molecule has 130 valence electrons. The molecular formula is C20H22N2O2S. The second-order valence-electron chi connectivity index (χ2n) is 5.78. The number of pyridine rings is 1. The van der Waals surface area contributed by atoms with Gasteiger partial charge in [-0.15, -0.1) is 11.3 Å². The maximum atomic E-state index is 5.43. The fraction of sp³-hybridized carbons (Fsp3) is 0.250. The van der Waals surface area contributed by atoms with E-state index in [0.29, 0.717) is 0 Å². The first-order valence-electron chi connectivity index (χ1n) is 8.13. The van der Waals surface area contributed by atoms with Crippen LogP contribution in [0.15, 0.2) is 60.2 Å². The zero-order valence-electron chi connectivity index (χ0n) is 14.5. The largest absolute Gasteiger partial charge is 0.493 e. The molecule has 1 aromatic carbocycles. The van der Waals surface area contributed by atoms with Crippen LogP contribution in [0.4, 0.5) is 0 Å². The zero-order chi connectivity index (χ0) is 17.5. The Morgan fingerprint density at radius 1 is 0.920 bits per heavy atom. The summed E-state index contributed by atoms with van der Waals surface area (Å²) < 4.78 is 10.8. The molecule has 0 amide bonds. The summed E-state index contributed by atoms with van der Waals surface area (Å²) in [6, 6.07) is 14.5. The first kappa shape index (κ1) is 17.5. The van der Waals surface area contributed by atoms with Crippen molar-refractivity contribution in [3.05, 3.63) is 76.2 Å². The van der Waals surface area contributed by atoms with E-state index in [2.05, 4.69) is 39.5 Å². The topological polar surface area (TPSA) is 34.6 Å². The minimum Gasteiger partial charge on any atom is -0.493 e. The van der Waals surface area contributed by atoms with Crippen molar-refractivity contribution in [3.63, 3.8) is 0 Å². The van der Waals surface area contributed by atoms with Crippen LogP contribution >= 0.6 is 11.3 Å². The van der Waals surface area contributed by atoms with Gasteiger partial charge in [-0.05, 0) is 40.8 Å². The number of nitrogens with zero attached hydrogens (tertiary/aromatic N) is 2. The molecule has 0 atom stereocenters. The molecule has 0 bridgehead atoms. The summed E-state index contributed by atoms with van der Waals surface area (Å²) >= 11 is 1.78. The first-order chi connectivity index (χ1) is 12.3. The van der Waals surface area contributed by atoms with Gasteiger partial charge in [0.2, 0.25) is 0 Å². The second-order valence-corrected chi connectivity index (χ2v) is 6.81. The van der Waals surface area contributed by atoms with Crippen molar-refractivity contribution in [2.24, 2.45) is 0 Å². The van der Waals surface area contributed by atoms with Crippen molar-refractivity contribution in [1.29, 1.82) is 0 Å². The number of hydrogen-bond acceptors (Lipinski definition) is 5. The van der Waals surface area contributed by atoms with E-state index in [1.165, 1.54) is 16.0 Å². The Morgan fingerprint density at radius 3 is 2.44 bits per heavy atom. The molecule has 0 N–H and O–H groups in total. The molecule has 0 spiro atoms. The molecule has 2 aromatic heterocycles. The van der Waals surface area contributed by atoms with Crippen LogP contribution < -0.4 is 9.47 Å². The lowest BCUT2D eigenvalue weighted by molar-refractivity contribution is 0.249. The number of thiophene rings is 1. The second kappa shape index (κ2) is 8.65. The summed E-state index contributed by atoms with van der Waals surface area (Å²) in [6.45, 7) is 2.58. The van der Waals surface area contributed by atoms with Gasteiger partial charge in [0.15, 0.2) is 11.5 Å². The Morgan fingerprint density at radius 2 is 1.76 bits per heavy atom. The predicted molar refractivity (Wildman–Crippen MR) is 101 cm³/mol. The van der Waals surface area contributed by atoms with Gasteiger partial charge in [-0.3, -0.25) is 9.88 Å². The van der Waals surface area contributed by atoms with Crippen LogP contribution in [0.25, 0.3) is 0 Å². The Kier molecular flexibility index (Phi) is 6.04. The molecule has 0 unspecified atom stereocenters. The molecule has 0 aliphatic carbocycles. The molecule has 0 radical (unpaired) electrons. The monoisotopic (exact) mass is 354 g/mol. The maximum absolute atomic E-state index is 5.43. The number of rotatable bonds is 8. The fourth-order valence-corrected chi connectivity index (χ4v) is 3.52. The highest BCUT2D eigenvalue weighted by Gasteiger charge is 2.11. The van der Waals surface area contributed by atoms with Crippen molar-refractivity contribution in [3.8, 4) is 11.5 Å². The minimum atomic E-state index is 0.753. The number of methoxy groups -OCH3 is 2. The Balaban J connectivity index is 1.79. The van der Waals surface area contributed by atoms with E-state index < -0.39 is 0 Å². The number of aromatic nitrogens is 1. The van der Waals surface area contributed by atoms with Crippen LogP contribution in [0.1, 0.15) is 16.0 Å². The van der Waals surface area contributed by atoms with Gasteiger partial charge < -0.3 is 9.47 Å². The van der Waals surface area contributed by atoms with E-state index in [1.54, 1.807) is 31.8 Å². The summed E-state index contributed by atoms with van der Waals surface area (Å²) in [7, 11) is 3.32. The molecule has 25 heavy (non-hydrogen) atoms. The highest BCUT2D eigenvalue weighted by Crippen LogP contribution is 2.28. The van der Waals surface area contributed by atoms with E-state index >= 15 is 0 Å². The average Bonchev–Trinajstić information content (AvgIpc) is 3.15. The van der Waals surface area contributed by atoms with Crippen LogP contribution in [0.2, 0.25) is 0 Å². The molecule has 0 aliphatic rings. The highest BCUT2D eigenvalue weighted by atomic mass is 32.1. The van der Waals surface area contributed by atoms with Crippen molar-refractivity contribution in [1.82, 2.24) is 9.88 Å². The van der Waals surface area contributed by atoms with E-state index in [9.17, 15) is 0 Å². The lowest BCUT2D eigenvalue weighted by Gasteiger charge is -2.22. The third kappa shape index (κ3) is 4.81. The molecule has 4 nitrogen and oxygen atoms in total. The molecule has 0 saturated carbocycles. The van der Waals surface area contributed by atoms with Gasteiger partial charge in [0.05, 0.1) is 14.2 Å². The SMILES string of the molecule is COc1ccc(CN(Cc2cccnc2)Cc2cccs2)cc1OC. The molecule has 0 aliphatic heterocycles. The van der Waals surface area contributed by atoms with Gasteiger partial charge in [-0.1, -0.05) is 18.2 Å². The van der Waals surface area contributed by atoms with Crippen LogP contribution in [-0.4, -0.2) is 24.1 Å². The first-order valence-corrected chi connectivity index (χ1v) is 9.01. The van der Waals surface area contributed by atoms with Gasteiger partial charge in [0.25, 0.3) is 0 Å². The van der Waals surface area contributed by atoms with Gasteiger partial charge in [0.1, 0.15) is 0 Å². The van der Waals surface area contributed by atoms with Gasteiger partial charge in [-0.2, -0.15) is 0 Å². The highest BCUT2D eigenvalue weighted by molar-refractivity contribution is 7.09. The Hall–Kier alpha value is -2.37. The molecule has 2 heterocycles. The van der Waals surface area contributed by atoms with Gasteiger partial charge >= 0.3 is 0 Å². The van der Waals surface area contributed by atoms with Crippen molar-refractivity contribution in [2.45, 2.75) is 19.6 Å². The van der Waals surface area contributed by atoms with Crippen molar-refractivity contribution in [2.75, 3.05) is 14.2 Å². The lowest BCUT2D eigenvalue weighted by atomic mass is 10.1. The van der Waals surface area contributed by atoms with Crippen LogP contribution in [0.5, 0.6) is 11.5 Å². The average molecular weight is 354 g/mol. The van der Waals surface area contributed by atoms with E-state index in [1.807, 2.05) is 24.4 Å². The van der Waals surface area contributed by atoms with E-state index in [0.717, 1.165) is 31.1 Å². The maximum Gasteiger partial charge on any atom is 0.161 e. The fourth-order valence-electron chi connectivity index (χ4n) is 2.78. The summed E-state index contributed by atoms with van der Waals surface area (Å²) in [5, 5.41) is 2.12. The van der Waals surface area contributed by atoms with Gasteiger partial charge in [0, 0.05) is 36.9 Å². The van der Waals surface area contributed by atoms with E-state index in [4.69, 9.17) is 9.47 Å². The quantitative estimate of drug-likeness (QED) is 0.602. The lowest BCUT2D eigenvalue weighted by Crippen LogP contribution is -2.22. The van der Waals surface area contributed by atoms with Crippen LogP contribution in [0.3, 0.4) is 0 Å². The van der Waals surface area contributed by atoms with Crippen LogP contribution in [0, 0.1) is 0 Å². The Labute approximate surface area is 152 Å². The number of hydrogen-bond donors (Lipinski definition) is 0. The molecule has 3 aromatic rings. The molecule has 0 saturated heterocycles. The van der Waals surface area contributed by atoms with E-state index in [-0.39, 0.29) is 0 Å².